The molecule has 1 heterocycles. The van der Waals surface area contributed by atoms with E-state index in [1.807, 2.05) is 0 Å². The summed E-state index contributed by atoms with van der Waals surface area (Å²) in [7, 11) is 0. The Morgan fingerprint density at radius 1 is 1.16 bits per heavy atom. The van der Waals surface area contributed by atoms with Gasteiger partial charge in [0.2, 0.25) is 0 Å². The molecular weight excluding hydrogens is 345 g/mol. The van der Waals surface area contributed by atoms with Crippen LogP contribution in [0.5, 0.6) is 0 Å². The molecule has 0 saturated carbocycles. The summed E-state index contributed by atoms with van der Waals surface area (Å²) in [4.78, 5) is 48.2. The highest BCUT2D eigenvalue weighted by Gasteiger charge is 2.41. The van der Waals surface area contributed by atoms with Crippen molar-refractivity contribution in [1.29, 1.82) is 0 Å². The number of alkyl halides is 3. The minimum atomic E-state index is -4.59. The van der Waals surface area contributed by atoms with Gasteiger partial charge in [-0.1, -0.05) is 12.1 Å². The molecule has 0 fully saturated rings. The van der Waals surface area contributed by atoms with Crippen molar-refractivity contribution in [3.05, 3.63) is 35.4 Å². The van der Waals surface area contributed by atoms with Gasteiger partial charge >= 0.3 is 12.1 Å². The highest BCUT2D eigenvalue weighted by molar-refractivity contribution is 6.22. The molecule has 1 aliphatic rings. The van der Waals surface area contributed by atoms with Gasteiger partial charge in [-0.25, -0.2) is 4.79 Å². The second kappa shape index (κ2) is 6.91. The highest BCUT2D eigenvalue weighted by atomic mass is 19.4. The van der Waals surface area contributed by atoms with Gasteiger partial charge in [-0.15, -0.1) is 0 Å². The van der Waals surface area contributed by atoms with E-state index < -0.39 is 49.1 Å². The fourth-order valence-corrected chi connectivity index (χ4v) is 2.17. The van der Waals surface area contributed by atoms with Gasteiger partial charge in [-0.2, -0.15) is 13.2 Å². The van der Waals surface area contributed by atoms with Gasteiger partial charge in [-0.05, 0) is 19.1 Å². The Morgan fingerprint density at radius 3 is 2.16 bits per heavy atom. The van der Waals surface area contributed by atoms with Gasteiger partial charge in [0, 0.05) is 0 Å². The van der Waals surface area contributed by atoms with E-state index in [1.54, 1.807) is 12.1 Å². The number of rotatable bonds is 5. The summed E-state index contributed by atoms with van der Waals surface area (Å²) in [6.45, 7) is -1.29. The summed E-state index contributed by atoms with van der Waals surface area (Å²) in [5, 5.41) is 1.53. The number of esters is 1. The average Bonchev–Trinajstić information content (AvgIpc) is 2.81. The molecule has 10 heteroatoms. The summed E-state index contributed by atoms with van der Waals surface area (Å²) in [6, 6.07) is 4.64. The maximum atomic E-state index is 12.2. The molecule has 1 N–H and O–H groups in total. The van der Waals surface area contributed by atoms with Gasteiger partial charge in [0.25, 0.3) is 17.7 Å². The Hall–Kier alpha value is -2.91. The number of imide groups is 1. The number of benzene rings is 1. The first-order chi connectivity index (χ1) is 11.6. The SMILES string of the molecule is C[C@H](C(=O)OCC(=O)NCC(F)(F)F)N1C(=O)c2ccccc2C1=O. The highest BCUT2D eigenvalue weighted by Crippen LogP contribution is 2.24. The number of amides is 3. The van der Waals surface area contributed by atoms with Gasteiger partial charge in [0.1, 0.15) is 12.6 Å². The maximum Gasteiger partial charge on any atom is 0.405 e. The van der Waals surface area contributed by atoms with Gasteiger partial charge in [0.15, 0.2) is 6.61 Å². The molecule has 0 aromatic heterocycles. The lowest BCUT2D eigenvalue weighted by atomic mass is 10.1. The largest absolute Gasteiger partial charge is 0.454 e. The van der Waals surface area contributed by atoms with Crippen molar-refractivity contribution >= 4 is 23.7 Å². The van der Waals surface area contributed by atoms with Gasteiger partial charge in [-0.3, -0.25) is 19.3 Å². The summed E-state index contributed by atoms with van der Waals surface area (Å²) in [6.07, 6.45) is -4.59. The minimum Gasteiger partial charge on any atom is -0.454 e. The first kappa shape index (κ1) is 18.4. The van der Waals surface area contributed by atoms with Crippen molar-refractivity contribution in [2.45, 2.75) is 19.1 Å². The van der Waals surface area contributed by atoms with E-state index in [0.29, 0.717) is 4.90 Å². The third-order valence-corrected chi connectivity index (χ3v) is 3.39. The third kappa shape index (κ3) is 4.14. The summed E-state index contributed by atoms with van der Waals surface area (Å²) in [5.74, 6) is -3.62. The van der Waals surface area contributed by atoms with Crippen LogP contribution in [0.4, 0.5) is 13.2 Å². The fourth-order valence-electron chi connectivity index (χ4n) is 2.17. The van der Waals surface area contributed by atoms with E-state index in [4.69, 9.17) is 0 Å². The van der Waals surface area contributed by atoms with Crippen molar-refractivity contribution in [2.24, 2.45) is 0 Å². The molecule has 1 aromatic rings. The van der Waals surface area contributed by atoms with Gasteiger partial charge < -0.3 is 10.1 Å². The van der Waals surface area contributed by atoms with Crippen LogP contribution in [-0.2, 0) is 14.3 Å². The van der Waals surface area contributed by atoms with Crippen molar-refractivity contribution in [3.63, 3.8) is 0 Å². The van der Waals surface area contributed by atoms with E-state index >= 15 is 0 Å². The molecule has 7 nitrogen and oxygen atoms in total. The van der Waals surface area contributed by atoms with Crippen LogP contribution >= 0.6 is 0 Å². The summed E-state index contributed by atoms with van der Waals surface area (Å²) >= 11 is 0. The molecule has 0 spiro atoms. The number of nitrogens with zero attached hydrogens (tertiary/aromatic N) is 1. The normalized spacial score (nSPS) is 15.0. The predicted molar refractivity (Wildman–Crippen MR) is 76.4 cm³/mol. The molecular formula is C15H13F3N2O5. The molecule has 0 unspecified atom stereocenters. The molecule has 1 aromatic carbocycles. The number of hydrogen-bond acceptors (Lipinski definition) is 5. The summed E-state index contributed by atoms with van der Waals surface area (Å²) < 4.78 is 40.5. The van der Waals surface area contributed by atoms with E-state index in [-0.39, 0.29) is 11.1 Å². The number of nitrogens with one attached hydrogen (secondary N) is 1. The topological polar surface area (TPSA) is 92.8 Å². The van der Waals surface area contributed by atoms with Crippen LogP contribution < -0.4 is 5.32 Å². The minimum absolute atomic E-state index is 0.134. The standard InChI is InChI=1S/C15H13F3N2O5/c1-8(14(24)25-6-11(21)19-7-15(16,17)18)20-12(22)9-4-2-3-5-10(9)13(20)23/h2-5,8H,6-7H2,1H3,(H,19,21)/t8-/m1/s1. The first-order valence-electron chi connectivity index (χ1n) is 7.09. The Balaban J connectivity index is 1.94. The van der Waals surface area contributed by atoms with Crippen LogP contribution in [0.15, 0.2) is 24.3 Å². The van der Waals surface area contributed by atoms with Crippen LogP contribution in [0.25, 0.3) is 0 Å². The molecule has 3 amide bonds. The Labute approximate surface area is 139 Å². The quantitative estimate of drug-likeness (QED) is 0.623. The lowest BCUT2D eigenvalue weighted by Crippen LogP contribution is -2.45. The lowest BCUT2D eigenvalue weighted by molar-refractivity contribution is -0.154. The van der Waals surface area contributed by atoms with Crippen LogP contribution in [0.3, 0.4) is 0 Å². The van der Waals surface area contributed by atoms with Crippen LogP contribution in [0, 0.1) is 0 Å². The predicted octanol–water partition coefficient (Wildman–Crippen LogP) is 0.893. The zero-order chi connectivity index (χ0) is 18.8. The summed E-state index contributed by atoms with van der Waals surface area (Å²) in [5.41, 5.74) is 0.269. The molecule has 0 aliphatic carbocycles. The van der Waals surface area contributed by atoms with E-state index in [2.05, 4.69) is 4.74 Å². The lowest BCUT2D eigenvalue weighted by Gasteiger charge is -2.20. The molecule has 1 atom stereocenters. The molecule has 134 valence electrons. The Bertz CT molecular complexity index is 697. The Morgan fingerprint density at radius 2 is 1.68 bits per heavy atom. The van der Waals surface area contributed by atoms with E-state index in [1.165, 1.54) is 24.4 Å². The van der Waals surface area contributed by atoms with E-state index in [0.717, 1.165) is 0 Å². The van der Waals surface area contributed by atoms with Crippen molar-refractivity contribution < 1.29 is 37.1 Å². The molecule has 0 bridgehead atoms. The third-order valence-electron chi connectivity index (χ3n) is 3.39. The average molecular weight is 358 g/mol. The van der Waals surface area contributed by atoms with Gasteiger partial charge in [0.05, 0.1) is 11.1 Å². The second-order valence-corrected chi connectivity index (χ2v) is 5.20. The zero-order valence-electron chi connectivity index (χ0n) is 12.9. The number of halogens is 3. The number of fused-ring (bicyclic) bond motifs is 1. The maximum absolute atomic E-state index is 12.2. The second-order valence-electron chi connectivity index (χ2n) is 5.20. The zero-order valence-corrected chi connectivity index (χ0v) is 12.9. The van der Waals surface area contributed by atoms with Crippen molar-refractivity contribution in [3.8, 4) is 0 Å². The fraction of sp³-hybridized carbons (Fsp3) is 0.333. The first-order valence-corrected chi connectivity index (χ1v) is 7.09. The number of ether oxygens (including phenoxy) is 1. The molecule has 1 aliphatic heterocycles. The number of carbonyl (C=O) groups excluding carboxylic acids is 4. The number of carbonyl (C=O) groups is 4. The van der Waals surface area contributed by atoms with Crippen LogP contribution in [0.1, 0.15) is 27.6 Å². The molecule has 0 saturated heterocycles. The number of hydrogen-bond donors (Lipinski definition) is 1. The molecule has 0 radical (unpaired) electrons. The van der Waals surface area contributed by atoms with Crippen molar-refractivity contribution in [2.75, 3.05) is 13.2 Å². The molecule has 25 heavy (non-hydrogen) atoms. The van der Waals surface area contributed by atoms with E-state index in [9.17, 15) is 32.3 Å². The van der Waals surface area contributed by atoms with Crippen LogP contribution in [0.2, 0.25) is 0 Å². The Kier molecular flexibility index (Phi) is 5.10. The molecule has 2 rings (SSSR count). The smallest absolute Gasteiger partial charge is 0.405 e. The van der Waals surface area contributed by atoms with Crippen molar-refractivity contribution in [1.82, 2.24) is 10.2 Å². The monoisotopic (exact) mass is 358 g/mol. The van der Waals surface area contributed by atoms with Crippen LogP contribution in [-0.4, -0.2) is 54.0 Å².